The van der Waals surface area contributed by atoms with E-state index in [-0.39, 0.29) is 40.9 Å². The van der Waals surface area contributed by atoms with Crippen LogP contribution in [-0.4, -0.2) is 10.9 Å². The van der Waals surface area contributed by atoms with E-state index in [2.05, 4.69) is 0 Å². The van der Waals surface area contributed by atoms with Crippen molar-refractivity contribution < 1.29 is 35.8 Å². The number of halogens is 2. The Kier molecular flexibility index (Phi) is 4.88. The molecule has 112 valence electrons. The number of Topliss-reactive ketones (excluding diaryl/α,β-unsaturated/α-hetero) is 1. The number of fused-ring (bicyclic) bond motifs is 1. The van der Waals surface area contributed by atoms with E-state index in [0.717, 1.165) is 5.39 Å². The summed E-state index contributed by atoms with van der Waals surface area (Å²) in [6.07, 6.45) is 1.74. The van der Waals surface area contributed by atoms with Gasteiger partial charge >= 0.3 is 0 Å². The summed E-state index contributed by atoms with van der Waals surface area (Å²) in [5, 5.41) is 10.8. The summed E-state index contributed by atoms with van der Waals surface area (Å²) in [5.74, 6) is -0.391. The number of carbonyl (C=O) groups is 1. The first kappa shape index (κ1) is 16.1. The number of phenols is 1. The molecule has 0 bridgehead atoms. The molecular formula is C17H13BrFNO2. The molecule has 2 aromatic carbocycles. The molecule has 0 amide bonds. The highest BCUT2D eigenvalue weighted by molar-refractivity contribution is 5.95. The van der Waals surface area contributed by atoms with Crippen LogP contribution < -0.4 is 21.5 Å². The van der Waals surface area contributed by atoms with Crippen LogP contribution in [0.2, 0.25) is 0 Å². The third-order valence-electron chi connectivity index (χ3n) is 3.36. The fourth-order valence-electron chi connectivity index (χ4n) is 2.33. The van der Waals surface area contributed by atoms with Crippen molar-refractivity contribution in [2.75, 3.05) is 0 Å². The van der Waals surface area contributed by atoms with Crippen molar-refractivity contribution in [2.45, 2.75) is 6.54 Å². The monoisotopic (exact) mass is 361 g/mol. The van der Waals surface area contributed by atoms with Gasteiger partial charge in [-0.25, -0.2) is 4.39 Å². The molecule has 3 aromatic rings. The van der Waals surface area contributed by atoms with Gasteiger partial charge in [0.25, 0.3) is 5.52 Å². The number of benzene rings is 2. The van der Waals surface area contributed by atoms with Crippen LogP contribution in [0.15, 0.2) is 60.8 Å². The second-order valence-corrected chi connectivity index (χ2v) is 4.78. The van der Waals surface area contributed by atoms with Gasteiger partial charge in [-0.05, 0) is 42.5 Å². The number of rotatable bonds is 3. The number of phenolic OH excluding ortho intramolecular Hbond substituents is 1. The molecule has 0 unspecified atom stereocenters. The summed E-state index contributed by atoms with van der Waals surface area (Å²) in [6.45, 7) is 0.0839. The van der Waals surface area contributed by atoms with Crippen molar-refractivity contribution in [2.24, 2.45) is 0 Å². The Morgan fingerprint density at radius 1 is 1.05 bits per heavy atom. The normalized spacial score (nSPS) is 10.2. The number of pyridine rings is 1. The van der Waals surface area contributed by atoms with Crippen LogP contribution in [0, 0.1) is 5.82 Å². The van der Waals surface area contributed by atoms with Crippen molar-refractivity contribution >= 4 is 16.7 Å². The van der Waals surface area contributed by atoms with Crippen LogP contribution in [-0.2, 0) is 6.54 Å². The number of carbonyl (C=O) groups excluding carboxylic acids is 1. The molecule has 3 nitrogen and oxygen atoms in total. The summed E-state index contributed by atoms with van der Waals surface area (Å²) < 4.78 is 14.6. The Morgan fingerprint density at radius 2 is 1.73 bits per heavy atom. The molecule has 1 N–H and O–H groups in total. The first-order valence-corrected chi connectivity index (χ1v) is 6.54. The van der Waals surface area contributed by atoms with E-state index in [0.29, 0.717) is 11.1 Å². The Hall–Kier alpha value is -2.27. The summed E-state index contributed by atoms with van der Waals surface area (Å²) in [4.78, 5) is 12.3. The lowest BCUT2D eigenvalue weighted by atomic mass is 10.1. The van der Waals surface area contributed by atoms with E-state index in [4.69, 9.17) is 0 Å². The molecule has 0 saturated carbocycles. The number of aromatic hydroxyl groups is 1. The number of para-hydroxylation sites is 1. The van der Waals surface area contributed by atoms with Crippen LogP contribution in [0.4, 0.5) is 4.39 Å². The molecule has 1 heterocycles. The third kappa shape index (κ3) is 3.14. The molecule has 1 aromatic heterocycles. The van der Waals surface area contributed by atoms with E-state index < -0.39 is 0 Å². The smallest absolute Gasteiger partial charge is 0.255 e. The molecule has 5 heteroatoms. The lowest BCUT2D eigenvalue weighted by molar-refractivity contribution is -0.657. The molecule has 0 aliphatic heterocycles. The largest absolute Gasteiger partial charge is 1.00 e. The minimum atomic E-state index is -0.373. The molecule has 0 radical (unpaired) electrons. The topological polar surface area (TPSA) is 41.2 Å². The fraction of sp³-hybridized carbons (Fsp3) is 0.0588. The lowest BCUT2D eigenvalue weighted by Gasteiger charge is -2.03. The van der Waals surface area contributed by atoms with Crippen LogP contribution in [0.5, 0.6) is 5.75 Å². The zero-order chi connectivity index (χ0) is 14.8. The molecule has 0 saturated heterocycles. The predicted molar refractivity (Wildman–Crippen MR) is 76.5 cm³/mol. The first-order chi connectivity index (χ1) is 10.1. The summed E-state index contributed by atoms with van der Waals surface area (Å²) in [7, 11) is 0. The number of hydrogen-bond donors (Lipinski definition) is 1. The average Bonchev–Trinajstić information content (AvgIpc) is 2.48. The average molecular weight is 362 g/mol. The highest BCUT2D eigenvalue weighted by atomic mass is 79.9. The van der Waals surface area contributed by atoms with Crippen LogP contribution in [0.25, 0.3) is 10.9 Å². The van der Waals surface area contributed by atoms with Gasteiger partial charge in [-0.15, -0.1) is 0 Å². The maximum absolute atomic E-state index is 12.9. The van der Waals surface area contributed by atoms with Gasteiger partial charge in [-0.1, -0.05) is 6.07 Å². The van der Waals surface area contributed by atoms with Gasteiger partial charge in [0.1, 0.15) is 5.82 Å². The Morgan fingerprint density at radius 3 is 2.45 bits per heavy atom. The second kappa shape index (κ2) is 6.66. The number of nitrogens with zero attached hydrogens (tertiary/aromatic N) is 1. The Labute approximate surface area is 137 Å². The predicted octanol–water partition coefficient (Wildman–Crippen LogP) is -0.141. The van der Waals surface area contributed by atoms with Gasteiger partial charge in [0.15, 0.2) is 11.9 Å². The van der Waals surface area contributed by atoms with Crippen LogP contribution in [0.1, 0.15) is 10.4 Å². The maximum atomic E-state index is 12.9. The van der Waals surface area contributed by atoms with Crippen LogP contribution >= 0.6 is 0 Å². The maximum Gasteiger partial charge on any atom is 0.255 e. The molecule has 0 atom stereocenters. The van der Waals surface area contributed by atoms with Gasteiger partial charge in [-0.2, -0.15) is 4.57 Å². The third-order valence-corrected chi connectivity index (χ3v) is 3.36. The van der Waals surface area contributed by atoms with Gasteiger partial charge in [-0.3, -0.25) is 4.79 Å². The summed E-state index contributed by atoms with van der Waals surface area (Å²) >= 11 is 0. The van der Waals surface area contributed by atoms with E-state index >= 15 is 0 Å². The molecule has 0 spiro atoms. The van der Waals surface area contributed by atoms with Crippen molar-refractivity contribution in [1.82, 2.24) is 0 Å². The molecule has 0 fully saturated rings. The highest BCUT2D eigenvalue weighted by Crippen LogP contribution is 2.20. The van der Waals surface area contributed by atoms with E-state index in [1.165, 1.54) is 24.3 Å². The minimum Gasteiger partial charge on any atom is -1.00 e. The zero-order valence-corrected chi connectivity index (χ0v) is 13.1. The number of ketones is 1. The van der Waals surface area contributed by atoms with Crippen molar-refractivity contribution in [3.63, 3.8) is 0 Å². The molecule has 0 aliphatic rings. The van der Waals surface area contributed by atoms with Crippen molar-refractivity contribution in [3.8, 4) is 5.75 Å². The van der Waals surface area contributed by atoms with Gasteiger partial charge in [0, 0.05) is 11.6 Å². The molecule has 22 heavy (non-hydrogen) atoms. The second-order valence-electron chi connectivity index (χ2n) is 4.78. The SMILES string of the molecule is O=C(C[n+]1cccc2cccc(O)c21)c1ccc(F)cc1.[Br-]. The van der Waals surface area contributed by atoms with Gasteiger partial charge in [0.05, 0.1) is 5.39 Å². The Bertz CT molecular complexity index is 813. The first-order valence-electron chi connectivity index (χ1n) is 6.54. The Balaban J connectivity index is 0.00000176. The fourth-order valence-corrected chi connectivity index (χ4v) is 2.33. The van der Waals surface area contributed by atoms with E-state index in [9.17, 15) is 14.3 Å². The quantitative estimate of drug-likeness (QED) is 0.521. The number of aromatic nitrogens is 1. The molecule has 3 rings (SSSR count). The number of hydrogen-bond acceptors (Lipinski definition) is 2. The molecular weight excluding hydrogens is 349 g/mol. The highest BCUT2D eigenvalue weighted by Gasteiger charge is 2.17. The van der Waals surface area contributed by atoms with E-state index in [1.807, 2.05) is 18.2 Å². The van der Waals surface area contributed by atoms with E-state index in [1.54, 1.807) is 22.9 Å². The van der Waals surface area contributed by atoms with Crippen LogP contribution in [0.3, 0.4) is 0 Å². The standard InChI is InChI=1S/C17H12FNO2.BrH/c18-14-8-6-12(7-9-14)16(21)11-19-10-2-4-13-3-1-5-15(20)17(13)19;/h1-10H,11H2;1H. The minimum absolute atomic E-state index is 0. The summed E-state index contributed by atoms with van der Waals surface area (Å²) in [5.41, 5.74) is 1.05. The van der Waals surface area contributed by atoms with Crippen molar-refractivity contribution in [3.05, 3.63) is 72.2 Å². The summed E-state index contributed by atoms with van der Waals surface area (Å²) in [6, 6.07) is 14.3. The van der Waals surface area contributed by atoms with Crippen molar-refractivity contribution in [1.29, 1.82) is 0 Å². The zero-order valence-electron chi connectivity index (χ0n) is 11.5. The van der Waals surface area contributed by atoms with Gasteiger partial charge in [0.2, 0.25) is 12.3 Å². The molecule has 0 aliphatic carbocycles. The van der Waals surface area contributed by atoms with Gasteiger partial charge < -0.3 is 22.1 Å². The lowest BCUT2D eigenvalue weighted by Crippen LogP contribution is -3.00.